The zero-order valence-corrected chi connectivity index (χ0v) is 15.6. The molecule has 0 radical (unpaired) electrons. The Labute approximate surface area is 139 Å². The molecule has 130 valence electrons. The molecule has 2 heterocycles. The Kier molecular flexibility index (Phi) is 5.30. The Morgan fingerprint density at radius 3 is 2.39 bits per heavy atom. The lowest BCUT2D eigenvalue weighted by Gasteiger charge is -2.30. The van der Waals surface area contributed by atoms with Gasteiger partial charge in [-0.2, -0.15) is 0 Å². The highest BCUT2D eigenvalue weighted by atomic mass is 32.2. The first kappa shape index (κ1) is 18.1. The molecule has 1 aromatic rings. The number of anilines is 1. The van der Waals surface area contributed by atoms with Gasteiger partial charge in [-0.3, -0.25) is 0 Å². The summed E-state index contributed by atoms with van der Waals surface area (Å²) >= 11 is 0. The fourth-order valence-electron chi connectivity index (χ4n) is 2.69. The van der Waals surface area contributed by atoms with Crippen LogP contribution in [0.25, 0.3) is 0 Å². The van der Waals surface area contributed by atoms with Crippen molar-refractivity contribution < 1.29 is 8.42 Å². The molecule has 1 fully saturated rings. The van der Waals surface area contributed by atoms with Crippen LogP contribution in [0.1, 0.15) is 45.1 Å². The molecule has 1 aliphatic rings. The molecule has 2 rings (SSSR count). The Balaban J connectivity index is 1.94. The summed E-state index contributed by atoms with van der Waals surface area (Å²) in [6, 6.07) is 1.96. The summed E-state index contributed by atoms with van der Waals surface area (Å²) in [5.41, 5.74) is 0.878. The molecule has 0 atom stereocenters. The molecule has 7 heteroatoms. The first-order valence-electron chi connectivity index (χ1n) is 8.11. The van der Waals surface area contributed by atoms with E-state index < -0.39 is 10.0 Å². The van der Waals surface area contributed by atoms with Gasteiger partial charge in [-0.25, -0.2) is 22.7 Å². The van der Waals surface area contributed by atoms with Gasteiger partial charge in [-0.1, -0.05) is 20.8 Å². The molecule has 0 aromatic carbocycles. The van der Waals surface area contributed by atoms with Gasteiger partial charge in [0.1, 0.15) is 11.6 Å². The second-order valence-electron chi connectivity index (χ2n) is 7.45. The Morgan fingerprint density at radius 1 is 1.26 bits per heavy atom. The van der Waals surface area contributed by atoms with E-state index in [1.54, 1.807) is 4.31 Å². The molecule has 0 bridgehead atoms. The molecule has 6 nitrogen and oxygen atoms in total. The number of aromatic nitrogens is 2. The molecule has 1 aromatic heterocycles. The van der Waals surface area contributed by atoms with Crippen LogP contribution >= 0.6 is 0 Å². The molecular formula is C16H28N4O2S. The largest absolute Gasteiger partial charge is 0.370 e. The van der Waals surface area contributed by atoms with Crippen LogP contribution in [0, 0.1) is 12.8 Å². The lowest BCUT2D eigenvalue weighted by molar-refractivity contribution is 0.283. The van der Waals surface area contributed by atoms with Crippen LogP contribution < -0.4 is 5.32 Å². The van der Waals surface area contributed by atoms with Crippen molar-refractivity contribution in [3.05, 3.63) is 17.6 Å². The van der Waals surface area contributed by atoms with Crippen LogP contribution in [0.15, 0.2) is 6.07 Å². The fourth-order valence-corrected chi connectivity index (χ4v) is 3.56. The number of nitrogens with zero attached hydrogens (tertiary/aromatic N) is 3. The molecule has 0 spiro atoms. The molecule has 0 amide bonds. The van der Waals surface area contributed by atoms with Crippen molar-refractivity contribution in [3.8, 4) is 0 Å². The van der Waals surface area contributed by atoms with Gasteiger partial charge in [0, 0.05) is 36.8 Å². The molecule has 1 saturated heterocycles. The molecular weight excluding hydrogens is 312 g/mol. The molecule has 0 aliphatic carbocycles. The van der Waals surface area contributed by atoms with Crippen molar-refractivity contribution in [1.82, 2.24) is 14.3 Å². The second-order valence-corrected chi connectivity index (χ2v) is 9.44. The van der Waals surface area contributed by atoms with E-state index in [0.29, 0.717) is 19.0 Å². The predicted octanol–water partition coefficient (Wildman–Crippen LogP) is 2.17. The number of rotatable bonds is 4. The van der Waals surface area contributed by atoms with E-state index in [-0.39, 0.29) is 5.41 Å². The van der Waals surface area contributed by atoms with Crippen LogP contribution in [0.3, 0.4) is 0 Å². The summed E-state index contributed by atoms with van der Waals surface area (Å²) in [6.45, 7) is 10.3. The van der Waals surface area contributed by atoms with E-state index in [1.807, 2.05) is 13.0 Å². The van der Waals surface area contributed by atoms with Crippen molar-refractivity contribution in [1.29, 1.82) is 0 Å². The third-order valence-electron chi connectivity index (χ3n) is 4.14. The van der Waals surface area contributed by atoms with E-state index in [2.05, 4.69) is 36.1 Å². The van der Waals surface area contributed by atoms with Crippen molar-refractivity contribution in [3.63, 3.8) is 0 Å². The average molecular weight is 340 g/mol. The van der Waals surface area contributed by atoms with E-state index >= 15 is 0 Å². The fraction of sp³-hybridized carbons (Fsp3) is 0.750. The molecule has 0 unspecified atom stereocenters. The smallest absolute Gasteiger partial charge is 0.211 e. The van der Waals surface area contributed by atoms with Gasteiger partial charge in [0.05, 0.1) is 6.26 Å². The number of hydrogen-bond donors (Lipinski definition) is 1. The summed E-state index contributed by atoms with van der Waals surface area (Å²) in [5.74, 6) is 2.17. The average Bonchev–Trinajstić information content (AvgIpc) is 2.43. The second kappa shape index (κ2) is 6.73. The first-order chi connectivity index (χ1) is 10.6. The van der Waals surface area contributed by atoms with E-state index in [0.717, 1.165) is 36.7 Å². The zero-order chi connectivity index (χ0) is 17.3. The van der Waals surface area contributed by atoms with Crippen molar-refractivity contribution in [2.45, 2.75) is 46.0 Å². The van der Waals surface area contributed by atoms with Crippen LogP contribution in [-0.2, 0) is 15.4 Å². The number of hydrogen-bond acceptors (Lipinski definition) is 5. The SMILES string of the molecule is Cc1cc(NCC2CCN(S(C)(=O)=O)CC2)nc(C(C)(C)C)n1. The minimum Gasteiger partial charge on any atom is -0.370 e. The summed E-state index contributed by atoms with van der Waals surface area (Å²) in [4.78, 5) is 9.13. The van der Waals surface area contributed by atoms with Crippen molar-refractivity contribution in [2.75, 3.05) is 31.2 Å². The molecule has 1 N–H and O–H groups in total. The monoisotopic (exact) mass is 340 g/mol. The minimum atomic E-state index is -3.05. The van der Waals surface area contributed by atoms with E-state index in [9.17, 15) is 8.42 Å². The van der Waals surface area contributed by atoms with Crippen molar-refractivity contribution in [2.24, 2.45) is 5.92 Å². The van der Waals surface area contributed by atoms with E-state index in [4.69, 9.17) is 0 Å². The maximum absolute atomic E-state index is 11.5. The van der Waals surface area contributed by atoms with Gasteiger partial charge >= 0.3 is 0 Å². The maximum Gasteiger partial charge on any atom is 0.211 e. The van der Waals surface area contributed by atoms with E-state index in [1.165, 1.54) is 6.26 Å². The topological polar surface area (TPSA) is 75.2 Å². The summed E-state index contributed by atoms with van der Waals surface area (Å²) < 4.78 is 24.6. The Bertz CT molecular complexity index is 645. The van der Waals surface area contributed by atoms with Crippen LogP contribution in [0.4, 0.5) is 5.82 Å². The molecule has 0 saturated carbocycles. The summed E-state index contributed by atoms with van der Waals surface area (Å²) in [7, 11) is -3.05. The lowest BCUT2D eigenvalue weighted by atomic mass is 9.95. The van der Waals surface area contributed by atoms with Gasteiger partial charge in [0.2, 0.25) is 10.0 Å². The third-order valence-corrected chi connectivity index (χ3v) is 5.44. The highest BCUT2D eigenvalue weighted by molar-refractivity contribution is 7.88. The number of piperidine rings is 1. The van der Waals surface area contributed by atoms with Crippen LogP contribution in [0.5, 0.6) is 0 Å². The lowest BCUT2D eigenvalue weighted by Crippen LogP contribution is -2.39. The predicted molar refractivity (Wildman–Crippen MR) is 93.1 cm³/mol. The minimum absolute atomic E-state index is 0.0801. The normalized spacial score (nSPS) is 18.1. The third kappa shape index (κ3) is 5.14. The van der Waals surface area contributed by atoms with Gasteiger partial charge < -0.3 is 5.32 Å². The number of nitrogens with one attached hydrogen (secondary N) is 1. The molecule has 1 aliphatic heterocycles. The highest BCUT2D eigenvalue weighted by Crippen LogP contribution is 2.22. The van der Waals surface area contributed by atoms with Gasteiger partial charge in [0.15, 0.2) is 0 Å². The van der Waals surface area contributed by atoms with Gasteiger partial charge in [-0.05, 0) is 25.7 Å². The van der Waals surface area contributed by atoms with Gasteiger partial charge in [0.25, 0.3) is 0 Å². The summed E-state index contributed by atoms with van der Waals surface area (Å²) in [6.07, 6.45) is 3.05. The standard InChI is InChI=1S/C16H28N4O2S/c1-12-10-14(19-15(18-12)16(2,3)4)17-11-13-6-8-20(9-7-13)23(5,21)22/h10,13H,6-9,11H2,1-5H3,(H,17,18,19). The Morgan fingerprint density at radius 2 is 1.87 bits per heavy atom. The zero-order valence-electron chi connectivity index (χ0n) is 14.8. The van der Waals surface area contributed by atoms with Crippen molar-refractivity contribution >= 4 is 15.8 Å². The van der Waals surface area contributed by atoms with Crippen LogP contribution in [0.2, 0.25) is 0 Å². The Hall–Kier alpha value is -1.21. The number of sulfonamides is 1. The van der Waals surface area contributed by atoms with Crippen LogP contribution in [-0.4, -0.2) is 48.6 Å². The first-order valence-corrected chi connectivity index (χ1v) is 9.95. The quantitative estimate of drug-likeness (QED) is 0.909. The van der Waals surface area contributed by atoms with Gasteiger partial charge in [-0.15, -0.1) is 0 Å². The molecule has 23 heavy (non-hydrogen) atoms. The summed E-state index contributed by atoms with van der Waals surface area (Å²) in [5, 5.41) is 3.40. The maximum atomic E-state index is 11.5. The number of aryl methyl sites for hydroxylation is 1. The highest BCUT2D eigenvalue weighted by Gasteiger charge is 2.25.